The van der Waals surface area contributed by atoms with Crippen molar-refractivity contribution in [3.8, 4) is 0 Å². The molecule has 0 aromatic rings. The van der Waals surface area contributed by atoms with Gasteiger partial charge in [0.1, 0.15) is 0 Å². The molecule has 0 amide bonds. The van der Waals surface area contributed by atoms with Gasteiger partial charge in [-0.05, 0) is 0 Å². The molecule has 0 rings (SSSR count). The molecule has 0 saturated carbocycles. The number of unbranched alkanes of at least 4 members (excludes halogenated alkanes) is 1. The van der Waals surface area contributed by atoms with Crippen molar-refractivity contribution in [1.29, 1.82) is 0 Å². The minimum atomic E-state index is 0. The molecule has 0 fully saturated rings. The zero-order valence-electron chi connectivity index (χ0n) is 6.65. The molecule has 70 valence electrons. The largest absolute Gasteiger partial charge is 3.00 e. The molecular weight excluding hydrogens is 218 g/mol. The monoisotopic (exact) mass is 236 g/mol. The van der Waals surface area contributed by atoms with Crippen LogP contribution in [0.5, 0.6) is 0 Å². The van der Waals surface area contributed by atoms with Gasteiger partial charge in [-0.3, -0.25) is 0 Å². The maximum Gasteiger partial charge on any atom is 3.00 e. The van der Waals surface area contributed by atoms with Gasteiger partial charge < -0.3 is 41.0 Å². The van der Waals surface area contributed by atoms with E-state index in [0.29, 0.717) is 0 Å². The standard InChI is InChI=1S/C4H8.2CH3.2Co.2H2N/c1-3-4-2;;;;;;/h1-4H2;2*1H3;;;2*1H2/q-2;2*-1;2*+3;2*-1. The van der Waals surface area contributed by atoms with E-state index in [1.807, 2.05) is 0 Å². The van der Waals surface area contributed by atoms with Crippen LogP contribution in [0.15, 0.2) is 0 Å². The smallest absolute Gasteiger partial charge is 0.693 e. The molecule has 0 aliphatic carbocycles. The fourth-order valence-corrected chi connectivity index (χ4v) is 0. The summed E-state index contributed by atoms with van der Waals surface area (Å²) in [5.74, 6) is 0. The topological polar surface area (TPSA) is 67.0 Å². The molecule has 0 aromatic carbocycles. The normalized spacial score (nSPS) is 3.00. The summed E-state index contributed by atoms with van der Waals surface area (Å²) >= 11 is 0. The molecule has 0 aliphatic heterocycles. The third kappa shape index (κ3) is 150. The number of rotatable bonds is 1. The summed E-state index contributed by atoms with van der Waals surface area (Å²) in [4.78, 5) is 0. The molecule has 0 aromatic heterocycles. The molecule has 0 bridgehead atoms. The van der Waals surface area contributed by atoms with E-state index in [4.69, 9.17) is 0 Å². The summed E-state index contributed by atoms with van der Waals surface area (Å²) in [5.41, 5.74) is 0. The molecule has 0 heterocycles. The van der Waals surface area contributed by atoms with Crippen LogP contribution in [-0.4, -0.2) is 0 Å². The minimum absolute atomic E-state index is 0. The molecular formula is C6H18Co2N2. The van der Waals surface area contributed by atoms with Crippen molar-refractivity contribution in [3.63, 3.8) is 0 Å². The van der Waals surface area contributed by atoms with Crippen LogP contribution < -0.4 is 0 Å². The third-order valence-corrected chi connectivity index (χ3v) is 0.250. The first-order valence-electron chi connectivity index (χ1n) is 1.50. The van der Waals surface area contributed by atoms with Crippen molar-refractivity contribution in [2.24, 2.45) is 0 Å². The Kier molecular flexibility index (Phi) is 643. The SMILES string of the molecule is [CH2-]CC[CH2-].[CH3-].[CH3-].[Co+3].[Co+3].[NH2-].[NH2-]. The minimum Gasteiger partial charge on any atom is -0.693 e. The van der Waals surface area contributed by atoms with Gasteiger partial charge in [0, 0.05) is 0 Å². The predicted molar refractivity (Wildman–Crippen MR) is 43.3 cm³/mol. The predicted octanol–water partition coefficient (Wildman–Crippen LogP) is 3.76. The molecule has 0 spiro atoms. The summed E-state index contributed by atoms with van der Waals surface area (Å²) in [7, 11) is 0. The van der Waals surface area contributed by atoms with Gasteiger partial charge in [-0.2, -0.15) is 0 Å². The van der Waals surface area contributed by atoms with E-state index in [2.05, 4.69) is 13.8 Å². The fourth-order valence-electron chi connectivity index (χ4n) is 0. The Labute approximate surface area is 87.5 Å². The van der Waals surface area contributed by atoms with E-state index < -0.39 is 0 Å². The van der Waals surface area contributed by atoms with Crippen LogP contribution >= 0.6 is 0 Å². The van der Waals surface area contributed by atoms with E-state index in [0.717, 1.165) is 12.8 Å². The van der Waals surface area contributed by atoms with E-state index in [1.54, 1.807) is 0 Å². The Morgan fingerprint density at radius 2 is 0.800 bits per heavy atom. The quantitative estimate of drug-likeness (QED) is 0.622. The average molecular weight is 236 g/mol. The van der Waals surface area contributed by atoms with Crippen molar-refractivity contribution in [2.45, 2.75) is 12.8 Å². The maximum atomic E-state index is 3.54. The average Bonchev–Trinajstić information content (AvgIpc) is 1.37. The van der Waals surface area contributed by atoms with Gasteiger partial charge in [-0.15, -0.1) is 0 Å². The fraction of sp³-hybridized carbons (Fsp3) is 0.333. The van der Waals surface area contributed by atoms with Crippen LogP contribution in [0.1, 0.15) is 12.8 Å². The summed E-state index contributed by atoms with van der Waals surface area (Å²) in [6, 6.07) is 0. The second-order valence-electron chi connectivity index (χ2n) is 0.707. The van der Waals surface area contributed by atoms with Crippen LogP contribution in [-0.2, 0) is 33.6 Å². The number of nitrogens with two attached hydrogens (primary N) is 2. The van der Waals surface area contributed by atoms with E-state index in [-0.39, 0.29) is 60.7 Å². The maximum absolute atomic E-state index is 3.54. The Hall–Kier alpha value is 0.933. The molecule has 0 saturated heterocycles. The molecule has 10 heavy (non-hydrogen) atoms. The van der Waals surface area contributed by atoms with Gasteiger partial charge in [0.25, 0.3) is 0 Å². The molecule has 0 radical (unpaired) electrons. The van der Waals surface area contributed by atoms with E-state index in [1.165, 1.54) is 0 Å². The first-order chi connectivity index (χ1) is 1.91. The van der Waals surface area contributed by atoms with Gasteiger partial charge in [0.05, 0.1) is 0 Å². The first-order valence-corrected chi connectivity index (χ1v) is 1.50. The summed E-state index contributed by atoms with van der Waals surface area (Å²) in [5, 5.41) is 0. The van der Waals surface area contributed by atoms with Crippen molar-refractivity contribution >= 4 is 0 Å². The molecule has 0 unspecified atom stereocenters. The Balaban J connectivity index is -0.00000000300. The molecule has 4 N–H and O–H groups in total. The molecule has 2 nitrogen and oxygen atoms in total. The Bertz CT molecular complexity index is 15.7. The van der Waals surface area contributed by atoms with Gasteiger partial charge in [0.2, 0.25) is 0 Å². The number of hydrogen-bond donors (Lipinski definition) is 0. The van der Waals surface area contributed by atoms with Crippen LogP contribution in [0.25, 0.3) is 12.3 Å². The first kappa shape index (κ1) is 69.7. The molecule has 0 atom stereocenters. The van der Waals surface area contributed by atoms with Crippen LogP contribution in [0, 0.1) is 28.7 Å². The summed E-state index contributed by atoms with van der Waals surface area (Å²) in [6.45, 7) is 7.08. The van der Waals surface area contributed by atoms with Crippen LogP contribution in [0.4, 0.5) is 0 Å². The zero-order chi connectivity index (χ0) is 3.41. The second kappa shape index (κ2) is 92.1. The van der Waals surface area contributed by atoms with Crippen molar-refractivity contribution < 1.29 is 33.6 Å². The molecule has 4 heteroatoms. The summed E-state index contributed by atoms with van der Waals surface area (Å²) in [6.07, 6.45) is 1.92. The van der Waals surface area contributed by atoms with E-state index in [9.17, 15) is 0 Å². The Morgan fingerprint density at radius 1 is 0.700 bits per heavy atom. The van der Waals surface area contributed by atoms with E-state index >= 15 is 0 Å². The zero-order valence-corrected chi connectivity index (χ0v) is 8.73. The second-order valence-corrected chi connectivity index (χ2v) is 0.707. The third-order valence-electron chi connectivity index (χ3n) is 0.250. The van der Waals surface area contributed by atoms with Gasteiger partial charge in [-0.1, -0.05) is 0 Å². The number of hydrogen-bond acceptors (Lipinski definition) is 0. The van der Waals surface area contributed by atoms with Gasteiger partial charge in [0.15, 0.2) is 0 Å². The van der Waals surface area contributed by atoms with Crippen molar-refractivity contribution in [1.82, 2.24) is 0 Å². The van der Waals surface area contributed by atoms with Crippen molar-refractivity contribution in [2.75, 3.05) is 0 Å². The molecule has 0 aliphatic rings. The van der Waals surface area contributed by atoms with Gasteiger partial charge >= 0.3 is 33.6 Å². The van der Waals surface area contributed by atoms with Gasteiger partial charge in [-0.25, -0.2) is 12.8 Å². The summed E-state index contributed by atoms with van der Waals surface area (Å²) < 4.78 is 0. The van der Waals surface area contributed by atoms with Crippen LogP contribution in [0.2, 0.25) is 0 Å². The van der Waals surface area contributed by atoms with Crippen LogP contribution in [0.3, 0.4) is 0 Å². The Morgan fingerprint density at radius 3 is 0.800 bits per heavy atom. The van der Waals surface area contributed by atoms with Crippen molar-refractivity contribution in [3.05, 3.63) is 41.0 Å².